The summed E-state index contributed by atoms with van der Waals surface area (Å²) in [6.07, 6.45) is 1.94. The molecule has 0 saturated carbocycles. The monoisotopic (exact) mass is 924 g/mol. The van der Waals surface area contributed by atoms with Crippen LogP contribution in [0.2, 0.25) is 0 Å². The molecule has 5 aromatic carbocycles. The average molecular weight is 925 g/mol. The van der Waals surface area contributed by atoms with Crippen molar-refractivity contribution in [3.63, 3.8) is 0 Å². The third-order valence-corrected chi connectivity index (χ3v) is 12.5. The summed E-state index contributed by atoms with van der Waals surface area (Å²) < 4.78 is 0. The van der Waals surface area contributed by atoms with Gasteiger partial charge in [-0.1, -0.05) is 48.5 Å². The Morgan fingerprint density at radius 3 is 0.765 bits per heavy atom. The molecule has 4 atom stereocenters. The highest BCUT2D eigenvalue weighted by Gasteiger charge is 2.45. The van der Waals surface area contributed by atoms with Crippen molar-refractivity contribution < 1.29 is 49.2 Å². The summed E-state index contributed by atoms with van der Waals surface area (Å²) in [5.41, 5.74) is 4.06. The van der Waals surface area contributed by atoms with Crippen LogP contribution >= 0.6 is 0 Å². The molecule has 0 radical (unpaired) electrons. The number of phenols is 4. The van der Waals surface area contributed by atoms with E-state index in [1.165, 1.54) is 34.1 Å². The summed E-state index contributed by atoms with van der Waals surface area (Å²) in [6.45, 7) is 0.999. The lowest BCUT2D eigenvalue weighted by molar-refractivity contribution is -0.132. The maximum absolute atomic E-state index is 14.0. The number of rotatable bonds is 18. The molecule has 5 aromatic rings. The molecule has 2 fully saturated rings. The predicted octanol–water partition coefficient (Wildman–Crippen LogP) is 3.32. The lowest BCUT2D eigenvalue weighted by Crippen LogP contribution is -2.42. The Hall–Kier alpha value is -7.88. The lowest BCUT2D eigenvalue weighted by Gasteiger charge is -2.18. The Kier molecular flexibility index (Phi) is 15.9. The van der Waals surface area contributed by atoms with Crippen LogP contribution in [0, 0.1) is 23.7 Å². The largest absolute Gasteiger partial charge is 0.508 e. The third-order valence-electron chi connectivity index (χ3n) is 12.5. The molecule has 2 saturated heterocycles. The van der Waals surface area contributed by atoms with Crippen molar-refractivity contribution >= 4 is 35.4 Å². The van der Waals surface area contributed by atoms with Crippen molar-refractivity contribution in [2.24, 2.45) is 23.7 Å². The standard InChI is InChI=1S/C52H56N6O10/c59-39-13-1-33(2-14-39)21-25-53-47(63)43-29-57(30-44(43)48(64)54-26-22-34-3-15-40(60)16-4-34)51(67)37-9-11-38(12-10-37)52(68)58-31-45(49(65)55-27-23-35-5-17-41(61)18-6-35)46(32-58)50(66)56-28-24-36-7-19-42(62)20-8-36/h1-20,43-46,59-62H,21-32H2,(H,53,63)(H,54,64)(H,55,65)(H,56,66)/t43-,44-,45-,46-/m1/s1. The number of nitrogens with zero attached hydrogens (tertiary/aromatic N) is 2. The fourth-order valence-electron chi connectivity index (χ4n) is 8.62. The van der Waals surface area contributed by atoms with Gasteiger partial charge in [-0.2, -0.15) is 0 Å². The lowest BCUT2D eigenvalue weighted by atomic mass is 9.94. The number of benzene rings is 5. The summed E-state index contributed by atoms with van der Waals surface area (Å²) in [7, 11) is 0. The van der Waals surface area contributed by atoms with Gasteiger partial charge in [0.1, 0.15) is 23.0 Å². The highest BCUT2D eigenvalue weighted by atomic mass is 16.3. The first-order valence-corrected chi connectivity index (χ1v) is 22.7. The van der Waals surface area contributed by atoms with E-state index in [9.17, 15) is 49.2 Å². The number of carbonyl (C=O) groups is 6. The van der Waals surface area contributed by atoms with Crippen LogP contribution in [-0.2, 0) is 44.9 Å². The SMILES string of the molecule is O=C(NCCc1ccc(O)cc1)[C@@H]1CN(C(=O)c2ccc(C(=O)N3C[C@@H](C(=O)NCCc4ccc(O)cc4)[C@H](C(=O)NCCc4ccc(O)cc4)C3)cc2)C[C@H]1C(=O)NCCc1ccc(O)cc1. The Bertz CT molecular complexity index is 2230. The molecular formula is C52H56N6O10. The van der Waals surface area contributed by atoms with Gasteiger partial charge in [-0.3, -0.25) is 28.8 Å². The van der Waals surface area contributed by atoms with Gasteiger partial charge in [0.25, 0.3) is 11.8 Å². The van der Waals surface area contributed by atoms with Crippen molar-refractivity contribution in [1.82, 2.24) is 31.1 Å². The summed E-state index contributed by atoms with van der Waals surface area (Å²) >= 11 is 0. The number of phenolic OH excluding ortho intramolecular Hbond substituents is 4. The molecule has 354 valence electrons. The number of amides is 6. The molecule has 16 heteroatoms. The normalized spacial score (nSPS) is 17.6. The Labute approximate surface area is 394 Å². The molecule has 0 unspecified atom stereocenters. The van der Waals surface area contributed by atoms with Crippen LogP contribution < -0.4 is 21.3 Å². The van der Waals surface area contributed by atoms with Gasteiger partial charge < -0.3 is 51.5 Å². The Morgan fingerprint density at radius 2 is 0.559 bits per heavy atom. The van der Waals surface area contributed by atoms with Crippen molar-refractivity contribution in [3.05, 3.63) is 155 Å². The van der Waals surface area contributed by atoms with E-state index in [4.69, 9.17) is 0 Å². The quantitative estimate of drug-likeness (QED) is 0.0638. The minimum absolute atomic E-state index is 0.0227. The van der Waals surface area contributed by atoms with Crippen LogP contribution in [0.25, 0.3) is 0 Å². The number of hydrogen-bond acceptors (Lipinski definition) is 10. The fraction of sp³-hybridized carbons (Fsp3) is 0.308. The maximum atomic E-state index is 14.0. The molecule has 0 aliphatic carbocycles. The molecule has 2 aliphatic heterocycles. The van der Waals surface area contributed by atoms with Crippen LogP contribution in [0.4, 0.5) is 0 Å². The van der Waals surface area contributed by atoms with Crippen molar-refractivity contribution in [2.45, 2.75) is 25.7 Å². The Balaban J connectivity index is 0.992. The van der Waals surface area contributed by atoms with Gasteiger partial charge in [-0.25, -0.2) is 0 Å². The van der Waals surface area contributed by atoms with Crippen LogP contribution in [0.1, 0.15) is 43.0 Å². The van der Waals surface area contributed by atoms with Gasteiger partial charge >= 0.3 is 0 Å². The molecule has 16 nitrogen and oxygen atoms in total. The van der Waals surface area contributed by atoms with Crippen LogP contribution in [-0.4, -0.2) is 118 Å². The smallest absolute Gasteiger partial charge is 0.253 e. The fourth-order valence-corrected chi connectivity index (χ4v) is 8.62. The highest BCUT2D eigenvalue weighted by molar-refractivity contribution is 6.00. The van der Waals surface area contributed by atoms with E-state index in [1.807, 2.05) is 0 Å². The van der Waals surface area contributed by atoms with Crippen LogP contribution in [0.3, 0.4) is 0 Å². The van der Waals surface area contributed by atoms with Crippen molar-refractivity contribution in [1.29, 1.82) is 0 Å². The van der Waals surface area contributed by atoms with Crippen LogP contribution in [0.15, 0.2) is 121 Å². The number of carbonyl (C=O) groups excluding carboxylic acids is 6. The van der Waals surface area contributed by atoms with Gasteiger partial charge in [0.15, 0.2) is 0 Å². The van der Waals surface area contributed by atoms with E-state index < -0.39 is 35.5 Å². The average Bonchev–Trinajstić information content (AvgIpc) is 4.01. The molecular weight excluding hydrogens is 869 g/mol. The van der Waals surface area contributed by atoms with Crippen molar-refractivity contribution in [2.75, 3.05) is 52.4 Å². The predicted molar refractivity (Wildman–Crippen MR) is 251 cm³/mol. The molecule has 68 heavy (non-hydrogen) atoms. The minimum atomic E-state index is -0.848. The van der Waals surface area contributed by atoms with E-state index in [-0.39, 0.29) is 110 Å². The summed E-state index contributed by atoms with van der Waals surface area (Å²) in [4.78, 5) is 85.6. The van der Waals surface area contributed by atoms with Gasteiger partial charge in [-0.15, -0.1) is 0 Å². The summed E-state index contributed by atoms with van der Waals surface area (Å²) in [6, 6.07) is 32.5. The van der Waals surface area contributed by atoms with E-state index >= 15 is 0 Å². The minimum Gasteiger partial charge on any atom is -0.508 e. The topological polar surface area (TPSA) is 238 Å². The highest BCUT2D eigenvalue weighted by Crippen LogP contribution is 2.29. The second-order valence-electron chi connectivity index (χ2n) is 17.3. The molecule has 8 N–H and O–H groups in total. The number of hydrogen-bond donors (Lipinski definition) is 8. The third kappa shape index (κ3) is 12.7. The summed E-state index contributed by atoms with van der Waals surface area (Å²) in [5, 5.41) is 50.1. The molecule has 2 heterocycles. The molecule has 2 aliphatic rings. The summed E-state index contributed by atoms with van der Waals surface area (Å²) in [5.74, 6) is -5.24. The molecule has 7 rings (SSSR count). The molecule has 6 amide bonds. The van der Waals surface area contributed by atoms with Crippen LogP contribution in [0.5, 0.6) is 23.0 Å². The zero-order valence-electron chi connectivity index (χ0n) is 37.5. The van der Waals surface area contributed by atoms with E-state index in [0.29, 0.717) is 25.7 Å². The Morgan fingerprint density at radius 1 is 0.353 bits per heavy atom. The first-order valence-electron chi connectivity index (χ1n) is 22.7. The van der Waals surface area contributed by atoms with Gasteiger partial charge in [-0.05, 0) is 121 Å². The second-order valence-corrected chi connectivity index (χ2v) is 17.3. The molecule has 0 spiro atoms. The molecule has 0 aromatic heterocycles. The van der Waals surface area contributed by atoms with E-state index in [2.05, 4.69) is 21.3 Å². The van der Waals surface area contributed by atoms with Gasteiger partial charge in [0, 0.05) is 63.5 Å². The maximum Gasteiger partial charge on any atom is 0.253 e. The molecule has 0 bridgehead atoms. The second kappa shape index (κ2) is 22.5. The van der Waals surface area contributed by atoms with E-state index in [1.54, 1.807) is 97.1 Å². The zero-order valence-corrected chi connectivity index (χ0v) is 37.5. The number of aromatic hydroxyl groups is 4. The number of nitrogens with one attached hydrogen (secondary N) is 4. The van der Waals surface area contributed by atoms with E-state index in [0.717, 1.165) is 22.3 Å². The first kappa shape index (κ1) is 48.1. The zero-order chi connectivity index (χ0) is 48.2. The first-order chi connectivity index (χ1) is 32.8. The van der Waals surface area contributed by atoms with Gasteiger partial charge in [0.2, 0.25) is 23.6 Å². The number of likely N-dealkylation sites (tertiary alicyclic amines) is 2. The van der Waals surface area contributed by atoms with Crippen molar-refractivity contribution in [3.8, 4) is 23.0 Å². The van der Waals surface area contributed by atoms with Gasteiger partial charge in [0.05, 0.1) is 23.7 Å².